The van der Waals surface area contributed by atoms with Crippen LogP contribution in [0.1, 0.15) is 25.0 Å². The summed E-state index contributed by atoms with van der Waals surface area (Å²) in [7, 11) is 1.90. The molecule has 1 aliphatic heterocycles. The maximum Gasteiger partial charge on any atom is 0.231 e. The summed E-state index contributed by atoms with van der Waals surface area (Å²) in [6.45, 7) is 2.55. The van der Waals surface area contributed by atoms with E-state index in [0.717, 1.165) is 18.8 Å². The van der Waals surface area contributed by atoms with Crippen molar-refractivity contribution >= 4 is 17.8 Å². The largest absolute Gasteiger partial charge is 0.368 e. The van der Waals surface area contributed by atoms with Gasteiger partial charge in [0.25, 0.3) is 0 Å². The van der Waals surface area contributed by atoms with Crippen molar-refractivity contribution < 1.29 is 0 Å². The number of aromatic nitrogens is 5. The summed E-state index contributed by atoms with van der Waals surface area (Å²) < 4.78 is 1.81. The van der Waals surface area contributed by atoms with Gasteiger partial charge in [0.05, 0.1) is 12.2 Å². The van der Waals surface area contributed by atoms with Gasteiger partial charge in [0.2, 0.25) is 17.8 Å². The van der Waals surface area contributed by atoms with Crippen molar-refractivity contribution in [3.8, 4) is 0 Å². The van der Waals surface area contributed by atoms with Crippen LogP contribution in [0.25, 0.3) is 0 Å². The Morgan fingerprint density at radius 2 is 2.00 bits per heavy atom. The monoisotopic (exact) mass is 288 g/mol. The standard InChI is InChI=1S/C13H20N8/c1-20-10(5-6-16-20)9-15-12-17-11(14)18-13(19-12)21-7-3-2-4-8-21/h5-6H,2-4,7-9H2,1H3,(H3,14,15,17,18,19). The number of hydrogen-bond donors (Lipinski definition) is 2. The number of rotatable bonds is 4. The van der Waals surface area contributed by atoms with E-state index in [0.29, 0.717) is 18.4 Å². The molecule has 0 spiro atoms. The molecule has 8 nitrogen and oxygen atoms in total. The number of anilines is 3. The van der Waals surface area contributed by atoms with Gasteiger partial charge in [-0.3, -0.25) is 4.68 Å². The molecule has 0 aliphatic carbocycles. The summed E-state index contributed by atoms with van der Waals surface area (Å²) in [6, 6.07) is 1.95. The van der Waals surface area contributed by atoms with Crippen LogP contribution in [0.3, 0.4) is 0 Å². The summed E-state index contributed by atoms with van der Waals surface area (Å²) in [6.07, 6.45) is 5.37. The Kier molecular flexibility index (Phi) is 3.85. The zero-order chi connectivity index (χ0) is 14.7. The van der Waals surface area contributed by atoms with Gasteiger partial charge >= 0.3 is 0 Å². The van der Waals surface area contributed by atoms with Gasteiger partial charge in [0, 0.05) is 26.3 Å². The fourth-order valence-corrected chi connectivity index (χ4v) is 2.44. The van der Waals surface area contributed by atoms with Crippen molar-refractivity contribution in [2.24, 2.45) is 7.05 Å². The van der Waals surface area contributed by atoms with Crippen molar-refractivity contribution in [3.05, 3.63) is 18.0 Å². The molecule has 21 heavy (non-hydrogen) atoms. The number of aryl methyl sites for hydroxylation is 1. The average Bonchev–Trinajstić information content (AvgIpc) is 2.91. The first-order valence-corrected chi connectivity index (χ1v) is 7.19. The molecule has 0 atom stereocenters. The van der Waals surface area contributed by atoms with Gasteiger partial charge < -0.3 is 16.0 Å². The van der Waals surface area contributed by atoms with Crippen molar-refractivity contribution in [1.29, 1.82) is 0 Å². The van der Waals surface area contributed by atoms with Gasteiger partial charge in [-0.1, -0.05) is 0 Å². The number of nitrogens with zero attached hydrogens (tertiary/aromatic N) is 6. The van der Waals surface area contributed by atoms with E-state index in [-0.39, 0.29) is 5.95 Å². The normalized spacial score (nSPS) is 15.2. The molecule has 2 aromatic heterocycles. The smallest absolute Gasteiger partial charge is 0.231 e. The van der Waals surface area contributed by atoms with E-state index < -0.39 is 0 Å². The second-order valence-electron chi connectivity index (χ2n) is 5.16. The zero-order valence-electron chi connectivity index (χ0n) is 12.2. The minimum Gasteiger partial charge on any atom is -0.368 e. The SMILES string of the molecule is Cn1nccc1CNc1nc(N)nc(N2CCCCC2)n1. The van der Waals surface area contributed by atoms with Crippen LogP contribution < -0.4 is 16.0 Å². The highest BCUT2D eigenvalue weighted by Gasteiger charge is 2.15. The highest BCUT2D eigenvalue weighted by molar-refractivity contribution is 5.42. The maximum atomic E-state index is 5.80. The Labute approximate surface area is 123 Å². The lowest BCUT2D eigenvalue weighted by Crippen LogP contribution is -2.31. The van der Waals surface area contributed by atoms with Gasteiger partial charge in [-0.15, -0.1) is 0 Å². The molecule has 0 bridgehead atoms. The molecule has 1 fully saturated rings. The van der Waals surface area contributed by atoms with Crippen molar-refractivity contribution in [2.75, 3.05) is 29.0 Å². The van der Waals surface area contributed by atoms with E-state index in [4.69, 9.17) is 5.73 Å². The van der Waals surface area contributed by atoms with Crippen LogP contribution >= 0.6 is 0 Å². The third kappa shape index (κ3) is 3.21. The average molecular weight is 288 g/mol. The molecule has 1 saturated heterocycles. The van der Waals surface area contributed by atoms with Gasteiger partial charge in [-0.25, -0.2) is 0 Å². The fraction of sp³-hybridized carbons (Fsp3) is 0.538. The summed E-state index contributed by atoms with van der Waals surface area (Å²) >= 11 is 0. The molecule has 1 aliphatic rings. The number of nitrogens with one attached hydrogen (secondary N) is 1. The summed E-state index contributed by atoms with van der Waals surface area (Å²) in [5, 5.41) is 7.31. The zero-order valence-corrected chi connectivity index (χ0v) is 12.2. The molecule has 0 aromatic carbocycles. The second-order valence-corrected chi connectivity index (χ2v) is 5.16. The molecule has 0 saturated carbocycles. The maximum absolute atomic E-state index is 5.80. The van der Waals surface area contributed by atoms with Crippen LogP contribution in [-0.4, -0.2) is 37.8 Å². The van der Waals surface area contributed by atoms with Crippen molar-refractivity contribution in [2.45, 2.75) is 25.8 Å². The van der Waals surface area contributed by atoms with E-state index in [1.807, 2.05) is 17.8 Å². The van der Waals surface area contributed by atoms with Crippen molar-refractivity contribution in [1.82, 2.24) is 24.7 Å². The Hall–Kier alpha value is -2.38. The van der Waals surface area contributed by atoms with E-state index in [2.05, 4.69) is 30.3 Å². The van der Waals surface area contributed by atoms with E-state index >= 15 is 0 Å². The first-order valence-electron chi connectivity index (χ1n) is 7.19. The van der Waals surface area contributed by atoms with Gasteiger partial charge in [0.1, 0.15) is 0 Å². The molecular weight excluding hydrogens is 268 g/mol. The molecule has 2 aromatic rings. The Morgan fingerprint density at radius 3 is 2.71 bits per heavy atom. The third-order valence-electron chi connectivity index (χ3n) is 3.63. The lowest BCUT2D eigenvalue weighted by Gasteiger charge is -2.26. The summed E-state index contributed by atoms with van der Waals surface area (Å²) in [5.74, 6) is 1.41. The Bertz CT molecular complexity index is 602. The van der Waals surface area contributed by atoms with Crippen LogP contribution in [0.4, 0.5) is 17.8 Å². The summed E-state index contributed by atoms with van der Waals surface area (Å²) in [4.78, 5) is 15.0. The summed E-state index contributed by atoms with van der Waals surface area (Å²) in [5.41, 5.74) is 6.85. The minimum absolute atomic E-state index is 0.248. The highest BCUT2D eigenvalue weighted by Crippen LogP contribution is 2.17. The predicted molar refractivity (Wildman–Crippen MR) is 80.8 cm³/mol. The first kappa shape index (κ1) is 13.6. The lowest BCUT2D eigenvalue weighted by atomic mass is 10.1. The highest BCUT2D eigenvalue weighted by atomic mass is 15.3. The fourth-order valence-electron chi connectivity index (χ4n) is 2.44. The van der Waals surface area contributed by atoms with Crippen LogP contribution in [0.15, 0.2) is 12.3 Å². The molecule has 0 amide bonds. The van der Waals surface area contributed by atoms with Crippen LogP contribution in [0.2, 0.25) is 0 Å². The van der Waals surface area contributed by atoms with E-state index in [1.54, 1.807) is 6.20 Å². The lowest BCUT2D eigenvalue weighted by molar-refractivity contribution is 0.568. The predicted octanol–water partition coefficient (Wildman–Crippen LogP) is 0.790. The number of nitrogens with two attached hydrogens (primary N) is 1. The van der Waals surface area contributed by atoms with E-state index in [9.17, 15) is 0 Å². The van der Waals surface area contributed by atoms with E-state index in [1.165, 1.54) is 19.3 Å². The van der Waals surface area contributed by atoms with Gasteiger partial charge in [-0.05, 0) is 25.3 Å². The van der Waals surface area contributed by atoms with Gasteiger partial charge in [-0.2, -0.15) is 20.1 Å². The first-order chi connectivity index (χ1) is 10.2. The molecule has 3 heterocycles. The molecule has 112 valence electrons. The third-order valence-corrected chi connectivity index (χ3v) is 3.63. The Morgan fingerprint density at radius 1 is 1.19 bits per heavy atom. The van der Waals surface area contributed by atoms with Crippen molar-refractivity contribution in [3.63, 3.8) is 0 Å². The number of nitrogen functional groups attached to an aromatic ring is 1. The molecule has 8 heteroatoms. The van der Waals surface area contributed by atoms with Gasteiger partial charge in [0.15, 0.2) is 0 Å². The van der Waals surface area contributed by atoms with Crippen LogP contribution in [0, 0.1) is 0 Å². The topological polar surface area (TPSA) is 97.8 Å². The number of piperidine rings is 1. The molecule has 0 unspecified atom stereocenters. The second kappa shape index (κ2) is 5.94. The molecule has 3 rings (SSSR count). The minimum atomic E-state index is 0.248. The molecule has 3 N–H and O–H groups in total. The molecular formula is C13H20N8. The number of hydrogen-bond acceptors (Lipinski definition) is 7. The quantitative estimate of drug-likeness (QED) is 0.858. The van der Waals surface area contributed by atoms with Crippen LogP contribution in [-0.2, 0) is 13.6 Å². The molecule has 0 radical (unpaired) electrons. The van der Waals surface area contributed by atoms with Crippen LogP contribution in [0.5, 0.6) is 0 Å². The Balaban J connectivity index is 1.73.